The van der Waals surface area contributed by atoms with Gasteiger partial charge in [0, 0.05) is 17.0 Å². The van der Waals surface area contributed by atoms with Gasteiger partial charge >= 0.3 is 0 Å². The smallest absolute Gasteiger partial charge is 0.225 e. The maximum atomic E-state index is 12.2. The molecule has 0 aliphatic rings. The summed E-state index contributed by atoms with van der Waals surface area (Å²) in [4.78, 5) is 17.8. The molecule has 0 bridgehead atoms. The first-order valence-electron chi connectivity index (χ1n) is 8.05. The van der Waals surface area contributed by atoms with Crippen molar-refractivity contribution in [2.45, 2.75) is 19.8 Å². The molecule has 0 spiro atoms. The number of amides is 1. The molecule has 1 N–H and O–H groups in total. The van der Waals surface area contributed by atoms with Crippen molar-refractivity contribution in [3.05, 3.63) is 76.8 Å². The van der Waals surface area contributed by atoms with Crippen LogP contribution in [0.5, 0.6) is 0 Å². The monoisotopic (exact) mass is 336 g/mol. The molecule has 1 aromatic heterocycles. The normalized spacial score (nSPS) is 10.5. The minimum Gasteiger partial charge on any atom is -0.355 e. The van der Waals surface area contributed by atoms with Gasteiger partial charge in [0.2, 0.25) is 5.91 Å². The summed E-state index contributed by atoms with van der Waals surface area (Å²) in [5, 5.41) is 3.97. The zero-order valence-corrected chi connectivity index (χ0v) is 14.5. The lowest BCUT2D eigenvalue weighted by Crippen LogP contribution is -2.27. The van der Waals surface area contributed by atoms with Crippen molar-refractivity contribution >= 4 is 17.2 Å². The van der Waals surface area contributed by atoms with Gasteiger partial charge in [-0.2, -0.15) is 0 Å². The second-order valence-electron chi connectivity index (χ2n) is 5.66. The summed E-state index contributed by atoms with van der Waals surface area (Å²) >= 11 is 1.60. The molecule has 0 saturated carbocycles. The van der Waals surface area contributed by atoms with Gasteiger partial charge in [0.25, 0.3) is 0 Å². The van der Waals surface area contributed by atoms with Gasteiger partial charge in [0.05, 0.1) is 12.1 Å². The van der Waals surface area contributed by atoms with Gasteiger partial charge in [-0.3, -0.25) is 4.79 Å². The van der Waals surface area contributed by atoms with Crippen LogP contribution in [0, 0.1) is 6.92 Å². The molecule has 1 heterocycles. The first-order valence-corrected chi connectivity index (χ1v) is 8.86. The Morgan fingerprint density at radius 2 is 1.71 bits per heavy atom. The van der Waals surface area contributed by atoms with Gasteiger partial charge in [0.15, 0.2) is 0 Å². The number of carbonyl (C=O) groups is 1. The van der Waals surface area contributed by atoms with E-state index < -0.39 is 0 Å². The van der Waals surface area contributed by atoms with Gasteiger partial charge in [-0.1, -0.05) is 60.7 Å². The number of benzene rings is 2. The highest BCUT2D eigenvalue weighted by Gasteiger charge is 2.12. The molecule has 3 nitrogen and oxygen atoms in total. The SMILES string of the molecule is Cc1nc(-c2ccccc2)sc1CC(=O)NCCc1ccccc1. The van der Waals surface area contributed by atoms with E-state index in [-0.39, 0.29) is 5.91 Å². The summed E-state index contributed by atoms with van der Waals surface area (Å²) in [5.41, 5.74) is 3.27. The Labute approximate surface area is 146 Å². The second kappa shape index (κ2) is 7.88. The Bertz CT molecular complexity index is 797. The number of nitrogens with one attached hydrogen (secondary N) is 1. The van der Waals surface area contributed by atoms with Crippen LogP contribution in [-0.4, -0.2) is 17.4 Å². The third kappa shape index (κ3) is 4.30. The van der Waals surface area contributed by atoms with Gasteiger partial charge in [-0.15, -0.1) is 11.3 Å². The molecule has 0 unspecified atom stereocenters. The van der Waals surface area contributed by atoms with Crippen molar-refractivity contribution in [3.8, 4) is 10.6 Å². The van der Waals surface area contributed by atoms with E-state index in [1.807, 2.05) is 55.5 Å². The molecule has 122 valence electrons. The molecule has 24 heavy (non-hydrogen) atoms. The van der Waals surface area contributed by atoms with Crippen LogP contribution in [0.3, 0.4) is 0 Å². The van der Waals surface area contributed by atoms with E-state index in [1.165, 1.54) is 5.56 Å². The summed E-state index contributed by atoms with van der Waals surface area (Å²) in [5.74, 6) is 0.0530. The summed E-state index contributed by atoms with van der Waals surface area (Å²) in [7, 11) is 0. The van der Waals surface area contributed by atoms with Crippen molar-refractivity contribution in [1.29, 1.82) is 0 Å². The molecule has 3 rings (SSSR count). The Balaban J connectivity index is 1.56. The fourth-order valence-electron chi connectivity index (χ4n) is 2.50. The highest BCUT2D eigenvalue weighted by molar-refractivity contribution is 7.15. The van der Waals surface area contributed by atoms with Crippen molar-refractivity contribution in [3.63, 3.8) is 0 Å². The van der Waals surface area contributed by atoms with Gasteiger partial charge in [0.1, 0.15) is 5.01 Å². The molecule has 3 aromatic rings. The van der Waals surface area contributed by atoms with Crippen LogP contribution in [0.15, 0.2) is 60.7 Å². The van der Waals surface area contributed by atoms with E-state index in [9.17, 15) is 4.79 Å². The fraction of sp³-hybridized carbons (Fsp3) is 0.200. The average molecular weight is 336 g/mol. The average Bonchev–Trinajstić information content (AvgIpc) is 2.97. The van der Waals surface area contributed by atoms with E-state index in [2.05, 4.69) is 22.4 Å². The molecular weight excluding hydrogens is 316 g/mol. The van der Waals surface area contributed by atoms with Crippen molar-refractivity contribution in [2.24, 2.45) is 0 Å². The van der Waals surface area contributed by atoms with Crippen molar-refractivity contribution < 1.29 is 4.79 Å². The lowest BCUT2D eigenvalue weighted by molar-refractivity contribution is -0.120. The molecule has 0 saturated heterocycles. The van der Waals surface area contributed by atoms with E-state index >= 15 is 0 Å². The first kappa shape index (κ1) is 16.4. The van der Waals surface area contributed by atoms with E-state index in [0.717, 1.165) is 27.6 Å². The first-order chi connectivity index (χ1) is 11.7. The van der Waals surface area contributed by atoms with E-state index in [1.54, 1.807) is 11.3 Å². The van der Waals surface area contributed by atoms with Crippen LogP contribution in [0.2, 0.25) is 0 Å². The maximum Gasteiger partial charge on any atom is 0.225 e. The highest BCUT2D eigenvalue weighted by Crippen LogP contribution is 2.27. The fourth-order valence-corrected chi connectivity index (χ4v) is 3.56. The van der Waals surface area contributed by atoms with Crippen LogP contribution in [0.4, 0.5) is 0 Å². The van der Waals surface area contributed by atoms with Crippen LogP contribution < -0.4 is 5.32 Å². The number of rotatable bonds is 6. The summed E-state index contributed by atoms with van der Waals surface area (Å²) in [6.45, 7) is 2.63. The van der Waals surface area contributed by atoms with Gasteiger partial charge in [-0.05, 0) is 18.9 Å². The number of thiazole rings is 1. The lowest BCUT2D eigenvalue weighted by Gasteiger charge is -2.04. The zero-order chi connectivity index (χ0) is 16.8. The van der Waals surface area contributed by atoms with Crippen molar-refractivity contribution in [1.82, 2.24) is 10.3 Å². The molecule has 2 aromatic carbocycles. The van der Waals surface area contributed by atoms with Gasteiger partial charge < -0.3 is 5.32 Å². The number of carbonyl (C=O) groups excluding carboxylic acids is 1. The molecule has 0 fully saturated rings. The lowest BCUT2D eigenvalue weighted by atomic mass is 10.1. The van der Waals surface area contributed by atoms with E-state index in [4.69, 9.17) is 0 Å². The van der Waals surface area contributed by atoms with Crippen molar-refractivity contribution in [2.75, 3.05) is 6.54 Å². The summed E-state index contributed by atoms with van der Waals surface area (Å²) < 4.78 is 0. The topological polar surface area (TPSA) is 42.0 Å². The highest BCUT2D eigenvalue weighted by atomic mass is 32.1. The molecule has 0 aliphatic heterocycles. The predicted octanol–water partition coefficient (Wildman–Crippen LogP) is 4.02. The second-order valence-corrected chi connectivity index (χ2v) is 6.74. The minimum atomic E-state index is 0.0530. The van der Waals surface area contributed by atoms with Crippen LogP contribution in [0.25, 0.3) is 10.6 Å². The molecule has 0 aliphatic carbocycles. The van der Waals surface area contributed by atoms with E-state index in [0.29, 0.717) is 13.0 Å². The molecule has 1 amide bonds. The largest absolute Gasteiger partial charge is 0.355 e. The molecular formula is C20H20N2OS. The maximum absolute atomic E-state index is 12.2. The number of hydrogen-bond acceptors (Lipinski definition) is 3. The van der Waals surface area contributed by atoms with Crippen LogP contribution in [-0.2, 0) is 17.6 Å². The number of nitrogens with zero attached hydrogens (tertiary/aromatic N) is 1. The number of aromatic nitrogens is 1. The number of hydrogen-bond donors (Lipinski definition) is 1. The summed E-state index contributed by atoms with van der Waals surface area (Å²) in [6.07, 6.45) is 1.24. The van der Waals surface area contributed by atoms with Crippen LogP contribution >= 0.6 is 11.3 Å². The summed E-state index contributed by atoms with van der Waals surface area (Å²) in [6, 6.07) is 20.3. The molecule has 0 radical (unpaired) electrons. The Hall–Kier alpha value is -2.46. The molecule has 4 heteroatoms. The Morgan fingerprint density at radius 3 is 2.42 bits per heavy atom. The molecule has 0 atom stereocenters. The predicted molar refractivity (Wildman–Crippen MR) is 99.1 cm³/mol. The third-order valence-corrected chi connectivity index (χ3v) is 5.02. The zero-order valence-electron chi connectivity index (χ0n) is 13.7. The Kier molecular flexibility index (Phi) is 5.39. The Morgan fingerprint density at radius 1 is 1.04 bits per heavy atom. The quantitative estimate of drug-likeness (QED) is 0.739. The third-order valence-electron chi connectivity index (χ3n) is 3.81. The minimum absolute atomic E-state index is 0.0530. The standard InChI is InChI=1S/C20H20N2OS/c1-15-18(24-20(22-15)17-10-6-3-7-11-17)14-19(23)21-13-12-16-8-4-2-5-9-16/h2-11H,12-14H2,1H3,(H,21,23). The van der Waals surface area contributed by atoms with Crippen LogP contribution in [0.1, 0.15) is 16.1 Å². The number of aryl methyl sites for hydroxylation is 1. The van der Waals surface area contributed by atoms with Gasteiger partial charge in [-0.25, -0.2) is 4.98 Å².